The smallest absolute Gasteiger partial charge is 0.148 e. The summed E-state index contributed by atoms with van der Waals surface area (Å²) < 4.78 is 12.4. The lowest BCUT2D eigenvalue weighted by Crippen LogP contribution is -1.99. The van der Waals surface area contributed by atoms with Gasteiger partial charge in [0.05, 0.1) is 21.6 Å². The van der Waals surface area contributed by atoms with Crippen molar-refractivity contribution in [3.05, 3.63) is 50.4 Å². The van der Waals surface area contributed by atoms with E-state index >= 15 is 0 Å². The van der Waals surface area contributed by atoms with Crippen molar-refractivity contribution in [3.8, 4) is 17.6 Å². The highest BCUT2D eigenvalue weighted by Crippen LogP contribution is 2.36. The fourth-order valence-electron chi connectivity index (χ4n) is 1.81. The van der Waals surface area contributed by atoms with Crippen LogP contribution in [-0.2, 0) is 6.61 Å². The number of nitrogens with two attached hydrogens (primary N) is 1. The number of halogens is 2. The van der Waals surface area contributed by atoms with Crippen molar-refractivity contribution in [2.45, 2.75) is 6.61 Å². The number of hydrogen-bond acceptors (Lipinski definition) is 4. The summed E-state index contributed by atoms with van der Waals surface area (Å²) in [7, 11) is 1.54. The minimum absolute atomic E-state index is 0.333. The molecule has 2 rings (SSSR count). The molecule has 0 aliphatic carbocycles. The predicted molar refractivity (Wildman–Crippen MR) is 88.3 cm³/mol. The highest BCUT2D eigenvalue weighted by atomic mass is 79.9. The summed E-state index contributed by atoms with van der Waals surface area (Å²) in [6.45, 7) is 0.333. The van der Waals surface area contributed by atoms with E-state index in [4.69, 9.17) is 20.5 Å². The molecule has 0 bridgehead atoms. The number of rotatable bonds is 4. The molecular weight excluding hydrogens is 400 g/mol. The quantitative estimate of drug-likeness (QED) is 0.763. The van der Waals surface area contributed by atoms with Gasteiger partial charge < -0.3 is 15.2 Å². The standard InChI is InChI=1S/C15H12Br2N2O2/c1-20-14-3-2-9(4-10(14)7-18)8-21-15-12(16)5-11(19)6-13(15)17/h2-6H,8,19H2,1H3. The van der Waals surface area contributed by atoms with Crippen LogP contribution in [0, 0.1) is 11.3 Å². The Bertz CT molecular complexity index is 688. The molecule has 0 saturated heterocycles. The number of methoxy groups -OCH3 is 1. The number of hydrogen-bond donors (Lipinski definition) is 1. The van der Waals surface area contributed by atoms with Crippen LogP contribution in [0.2, 0.25) is 0 Å². The summed E-state index contributed by atoms with van der Waals surface area (Å²) in [4.78, 5) is 0. The van der Waals surface area contributed by atoms with Gasteiger partial charge in [-0.15, -0.1) is 0 Å². The third-order valence-corrected chi connectivity index (χ3v) is 3.97. The highest BCUT2D eigenvalue weighted by Gasteiger charge is 2.09. The molecule has 2 aromatic rings. The maximum atomic E-state index is 9.08. The normalized spacial score (nSPS) is 10.0. The number of nitrogens with zero attached hydrogens (tertiary/aromatic N) is 1. The Labute approximate surface area is 139 Å². The van der Waals surface area contributed by atoms with Crippen LogP contribution < -0.4 is 15.2 Å². The van der Waals surface area contributed by atoms with E-state index in [-0.39, 0.29) is 0 Å². The summed E-state index contributed by atoms with van der Waals surface area (Å²) in [6, 6.07) is 11.0. The Balaban J connectivity index is 2.19. The van der Waals surface area contributed by atoms with Crippen molar-refractivity contribution >= 4 is 37.5 Å². The van der Waals surface area contributed by atoms with Crippen LogP contribution in [-0.4, -0.2) is 7.11 Å². The average Bonchev–Trinajstić information content (AvgIpc) is 2.45. The zero-order chi connectivity index (χ0) is 15.4. The molecule has 0 heterocycles. The van der Waals surface area contributed by atoms with Gasteiger partial charge in [0.25, 0.3) is 0 Å². The van der Waals surface area contributed by atoms with Gasteiger partial charge in [0.15, 0.2) is 0 Å². The molecule has 2 aromatic carbocycles. The fourth-order valence-corrected chi connectivity index (χ4v) is 3.26. The third-order valence-electron chi connectivity index (χ3n) is 2.79. The van der Waals surface area contributed by atoms with E-state index in [1.54, 1.807) is 24.3 Å². The van der Waals surface area contributed by atoms with Crippen LogP contribution in [0.5, 0.6) is 11.5 Å². The lowest BCUT2D eigenvalue weighted by atomic mass is 10.1. The first kappa shape index (κ1) is 15.7. The van der Waals surface area contributed by atoms with Gasteiger partial charge in [-0.2, -0.15) is 5.26 Å². The molecule has 0 aliphatic rings. The van der Waals surface area contributed by atoms with E-state index in [0.29, 0.717) is 29.4 Å². The SMILES string of the molecule is COc1ccc(COc2c(Br)cc(N)cc2Br)cc1C#N. The van der Waals surface area contributed by atoms with Gasteiger partial charge in [-0.1, -0.05) is 6.07 Å². The van der Waals surface area contributed by atoms with Crippen LogP contribution in [0.15, 0.2) is 39.3 Å². The Morgan fingerprint density at radius 2 is 1.86 bits per heavy atom. The fraction of sp³-hybridized carbons (Fsp3) is 0.133. The second-order valence-corrected chi connectivity index (χ2v) is 5.96. The molecule has 2 N–H and O–H groups in total. The Hall–Kier alpha value is -1.71. The van der Waals surface area contributed by atoms with E-state index in [0.717, 1.165) is 14.5 Å². The second-order valence-electron chi connectivity index (χ2n) is 4.25. The van der Waals surface area contributed by atoms with Crippen LogP contribution in [0.1, 0.15) is 11.1 Å². The molecule has 0 spiro atoms. The lowest BCUT2D eigenvalue weighted by molar-refractivity contribution is 0.302. The van der Waals surface area contributed by atoms with Crippen molar-refractivity contribution in [2.75, 3.05) is 12.8 Å². The van der Waals surface area contributed by atoms with Crippen molar-refractivity contribution < 1.29 is 9.47 Å². The Morgan fingerprint density at radius 3 is 2.43 bits per heavy atom. The maximum absolute atomic E-state index is 9.08. The molecule has 0 saturated carbocycles. The van der Waals surface area contributed by atoms with Crippen molar-refractivity contribution in [3.63, 3.8) is 0 Å². The maximum Gasteiger partial charge on any atom is 0.148 e. The molecule has 108 valence electrons. The van der Waals surface area contributed by atoms with Gasteiger partial charge in [0.1, 0.15) is 24.2 Å². The molecule has 4 nitrogen and oxygen atoms in total. The lowest BCUT2D eigenvalue weighted by Gasteiger charge is -2.12. The molecular formula is C15H12Br2N2O2. The molecule has 0 unspecified atom stereocenters. The van der Waals surface area contributed by atoms with E-state index in [1.807, 2.05) is 6.07 Å². The van der Waals surface area contributed by atoms with Gasteiger partial charge in [-0.05, 0) is 61.7 Å². The van der Waals surface area contributed by atoms with Crippen molar-refractivity contribution in [2.24, 2.45) is 0 Å². The van der Waals surface area contributed by atoms with E-state index in [9.17, 15) is 0 Å². The zero-order valence-electron chi connectivity index (χ0n) is 11.2. The summed E-state index contributed by atoms with van der Waals surface area (Å²) in [5, 5.41) is 9.08. The first-order valence-corrected chi connectivity index (χ1v) is 7.58. The van der Waals surface area contributed by atoms with Gasteiger partial charge >= 0.3 is 0 Å². The van der Waals surface area contributed by atoms with Crippen molar-refractivity contribution in [1.82, 2.24) is 0 Å². The van der Waals surface area contributed by atoms with Crippen LogP contribution in [0.4, 0.5) is 5.69 Å². The predicted octanol–water partition coefficient (Wildman–Crippen LogP) is 4.25. The average molecular weight is 412 g/mol. The highest BCUT2D eigenvalue weighted by molar-refractivity contribution is 9.11. The molecule has 0 atom stereocenters. The van der Waals surface area contributed by atoms with Crippen molar-refractivity contribution in [1.29, 1.82) is 5.26 Å². The van der Waals surface area contributed by atoms with Crippen LogP contribution in [0.25, 0.3) is 0 Å². The topological polar surface area (TPSA) is 68.3 Å². The first-order chi connectivity index (χ1) is 10.0. The van der Waals surface area contributed by atoms with Crippen LogP contribution in [0.3, 0.4) is 0 Å². The molecule has 0 fully saturated rings. The molecule has 0 aromatic heterocycles. The molecule has 0 amide bonds. The number of nitriles is 1. The number of nitrogen functional groups attached to an aromatic ring is 1. The summed E-state index contributed by atoms with van der Waals surface area (Å²) in [5.41, 5.74) is 7.73. The summed E-state index contributed by atoms with van der Waals surface area (Å²) in [5.74, 6) is 1.22. The van der Waals surface area contributed by atoms with Crippen LogP contribution >= 0.6 is 31.9 Å². The van der Waals surface area contributed by atoms with E-state index < -0.39 is 0 Å². The number of ether oxygens (including phenoxy) is 2. The minimum atomic E-state index is 0.333. The largest absolute Gasteiger partial charge is 0.495 e. The zero-order valence-corrected chi connectivity index (χ0v) is 14.4. The molecule has 21 heavy (non-hydrogen) atoms. The molecule has 0 aliphatic heterocycles. The molecule has 6 heteroatoms. The van der Waals surface area contributed by atoms with E-state index in [2.05, 4.69) is 37.9 Å². The first-order valence-electron chi connectivity index (χ1n) is 5.99. The van der Waals surface area contributed by atoms with Gasteiger partial charge in [-0.3, -0.25) is 0 Å². The van der Waals surface area contributed by atoms with Gasteiger partial charge in [0, 0.05) is 5.69 Å². The molecule has 0 radical (unpaired) electrons. The Kier molecular flexibility index (Phi) is 5.10. The monoisotopic (exact) mass is 410 g/mol. The van der Waals surface area contributed by atoms with Gasteiger partial charge in [-0.25, -0.2) is 0 Å². The van der Waals surface area contributed by atoms with Gasteiger partial charge in [0.2, 0.25) is 0 Å². The summed E-state index contributed by atoms with van der Waals surface area (Å²) >= 11 is 6.83. The minimum Gasteiger partial charge on any atom is -0.495 e. The Morgan fingerprint density at radius 1 is 1.19 bits per heavy atom. The number of benzene rings is 2. The second kappa shape index (κ2) is 6.83. The summed E-state index contributed by atoms with van der Waals surface area (Å²) in [6.07, 6.45) is 0. The third kappa shape index (κ3) is 3.69. The van der Waals surface area contributed by atoms with E-state index in [1.165, 1.54) is 7.11 Å². The number of anilines is 1.